The van der Waals surface area contributed by atoms with E-state index in [-0.39, 0.29) is 22.8 Å². The van der Waals surface area contributed by atoms with Crippen LogP contribution in [0.1, 0.15) is 18.4 Å². The van der Waals surface area contributed by atoms with Crippen molar-refractivity contribution in [3.63, 3.8) is 0 Å². The van der Waals surface area contributed by atoms with E-state index in [0.29, 0.717) is 4.91 Å². The summed E-state index contributed by atoms with van der Waals surface area (Å²) >= 11 is 6.41. The minimum Gasteiger partial charge on any atom is -0.480 e. The molecule has 0 aliphatic carbocycles. The molecule has 1 aromatic rings. The van der Waals surface area contributed by atoms with E-state index in [9.17, 15) is 14.7 Å². The molecule has 2 saturated heterocycles. The molecule has 2 unspecified atom stereocenters. The largest absolute Gasteiger partial charge is 0.480 e. The van der Waals surface area contributed by atoms with Crippen molar-refractivity contribution in [2.24, 2.45) is 0 Å². The van der Waals surface area contributed by atoms with Gasteiger partial charge in [0.1, 0.15) is 10.4 Å². The maximum absolute atomic E-state index is 12.7. The number of thioether (sulfide) groups is 1. The highest BCUT2D eigenvalue weighted by Gasteiger charge is 2.40. The summed E-state index contributed by atoms with van der Waals surface area (Å²) in [6.07, 6.45) is 7.69. The van der Waals surface area contributed by atoms with Crippen LogP contribution in [0.2, 0.25) is 0 Å². The maximum Gasteiger partial charge on any atom is 0.327 e. The molecule has 0 bridgehead atoms. The van der Waals surface area contributed by atoms with E-state index < -0.39 is 12.0 Å². The lowest BCUT2D eigenvalue weighted by Crippen LogP contribution is -2.45. The van der Waals surface area contributed by atoms with Gasteiger partial charge in [-0.3, -0.25) is 9.69 Å². The Kier molecular flexibility index (Phi) is 6.24. The first-order valence-corrected chi connectivity index (χ1v) is 9.61. The fraction of sp³-hybridized carbons (Fsp3) is 0.316. The van der Waals surface area contributed by atoms with Gasteiger partial charge in [-0.2, -0.15) is 0 Å². The van der Waals surface area contributed by atoms with E-state index in [1.807, 2.05) is 36.4 Å². The normalized spacial score (nSPS) is 23.3. The molecule has 5 nitrogen and oxygen atoms in total. The number of allylic oxidation sites excluding steroid dienone is 2. The van der Waals surface area contributed by atoms with Gasteiger partial charge in [0, 0.05) is 13.0 Å². The van der Waals surface area contributed by atoms with E-state index in [0.717, 1.165) is 36.8 Å². The number of carbonyl (C=O) groups excluding carboxylic acids is 1. The van der Waals surface area contributed by atoms with Crippen LogP contribution in [-0.2, 0) is 20.7 Å². The third-order valence-corrected chi connectivity index (χ3v) is 5.58. The molecule has 0 aromatic heterocycles. The number of ether oxygens (including phenoxy) is 1. The van der Waals surface area contributed by atoms with Crippen LogP contribution in [0.5, 0.6) is 0 Å². The summed E-state index contributed by atoms with van der Waals surface area (Å²) in [6, 6.07) is 8.21. The number of amides is 1. The van der Waals surface area contributed by atoms with Gasteiger partial charge < -0.3 is 9.84 Å². The van der Waals surface area contributed by atoms with Crippen molar-refractivity contribution in [1.29, 1.82) is 0 Å². The van der Waals surface area contributed by atoms with Crippen molar-refractivity contribution in [1.82, 2.24) is 4.90 Å². The van der Waals surface area contributed by atoms with Gasteiger partial charge in [0.15, 0.2) is 0 Å². The first-order valence-electron chi connectivity index (χ1n) is 8.38. The summed E-state index contributed by atoms with van der Waals surface area (Å²) in [5.41, 5.74) is 0.844. The average Bonchev–Trinajstić information content (AvgIpc) is 3.23. The number of hydrogen-bond donors (Lipinski definition) is 1. The number of carbonyl (C=O) groups is 2. The Hall–Kier alpha value is -1.96. The first kappa shape index (κ1) is 18.8. The monoisotopic (exact) mass is 389 g/mol. The summed E-state index contributed by atoms with van der Waals surface area (Å²) in [5, 5.41) is 9.62. The summed E-state index contributed by atoms with van der Waals surface area (Å²) in [6.45, 7) is 0.761. The molecule has 1 aromatic carbocycles. The Morgan fingerprint density at radius 3 is 2.85 bits per heavy atom. The van der Waals surface area contributed by atoms with Crippen molar-refractivity contribution in [3.05, 3.63) is 59.0 Å². The third-order valence-electron chi connectivity index (χ3n) is 4.23. The number of hydrogen-bond acceptors (Lipinski definition) is 5. The Balaban J connectivity index is 1.74. The molecule has 26 heavy (non-hydrogen) atoms. The first-order chi connectivity index (χ1) is 12.6. The van der Waals surface area contributed by atoms with E-state index in [1.165, 1.54) is 4.90 Å². The molecule has 2 heterocycles. The molecule has 2 atom stereocenters. The number of thiocarbonyl (C=S) groups is 1. The number of nitrogens with zero attached hydrogens (tertiary/aromatic N) is 1. The minimum absolute atomic E-state index is 0.0845. The molecule has 136 valence electrons. The van der Waals surface area contributed by atoms with Gasteiger partial charge in [-0.15, -0.1) is 0 Å². The molecule has 1 N–H and O–H groups in total. The molecule has 0 saturated carbocycles. The lowest BCUT2D eigenvalue weighted by Gasteiger charge is -2.23. The average molecular weight is 389 g/mol. The number of aliphatic carboxylic acids is 1. The van der Waals surface area contributed by atoms with Gasteiger partial charge in [0.05, 0.1) is 11.0 Å². The summed E-state index contributed by atoms with van der Waals surface area (Å²) in [5.74, 6) is -1.43. The second-order valence-corrected chi connectivity index (χ2v) is 7.73. The standard InChI is InChI=1S/C19H19NO4S2/c21-17-16(10-4-8-14-9-5-11-24-14)26-19(25)20(17)15(18(22)23)12-13-6-2-1-3-7-13/h1-4,6-8,10,14-15H,5,9,11-12H2,(H,22,23)/b8-4+,16-10-. The van der Waals surface area contributed by atoms with Crippen LogP contribution in [-0.4, -0.2) is 45.0 Å². The van der Waals surface area contributed by atoms with E-state index in [2.05, 4.69) is 0 Å². The zero-order chi connectivity index (χ0) is 18.5. The van der Waals surface area contributed by atoms with E-state index in [4.69, 9.17) is 17.0 Å². The van der Waals surface area contributed by atoms with Crippen molar-refractivity contribution in [2.75, 3.05) is 6.61 Å². The summed E-state index contributed by atoms with van der Waals surface area (Å²) in [4.78, 5) is 26.1. The minimum atomic E-state index is -1.07. The van der Waals surface area contributed by atoms with Crippen molar-refractivity contribution in [3.8, 4) is 0 Å². The Morgan fingerprint density at radius 2 is 2.19 bits per heavy atom. The lowest BCUT2D eigenvalue weighted by molar-refractivity contribution is -0.145. The topological polar surface area (TPSA) is 66.8 Å². The Bertz CT molecular complexity index is 754. The van der Waals surface area contributed by atoms with Crippen LogP contribution in [0.3, 0.4) is 0 Å². The Labute approximate surface area is 161 Å². The van der Waals surface area contributed by atoms with Crippen molar-refractivity contribution >= 4 is 40.2 Å². The number of benzene rings is 1. The van der Waals surface area contributed by atoms with Gasteiger partial charge in [-0.25, -0.2) is 4.79 Å². The maximum atomic E-state index is 12.7. The van der Waals surface area contributed by atoms with Gasteiger partial charge in [0.2, 0.25) is 0 Å². The van der Waals surface area contributed by atoms with Crippen LogP contribution < -0.4 is 0 Å². The summed E-state index contributed by atoms with van der Waals surface area (Å²) in [7, 11) is 0. The molecule has 0 radical (unpaired) electrons. The Morgan fingerprint density at radius 1 is 1.42 bits per heavy atom. The molecular formula is C19H19NO4S2. The van der Waals surface area contributed by atoms with Crippen LogP contribution in [0, 0.1) is 0 Å². The van der Waals surface area contributed by atoms with Crippen LogP contribution >= 0.6 is 24.0 Å². The zero-order valence-electron chi connectivity index (χ0n) is 14.0. The van der Waals surface area contributed by atoms with E-state index >= 15 is 0 Å². The molecule has 7 heteroatoms. The number of carboxylic acid groups (broad SMARTS) is 1. The fourth-order valence-electron chi connectivity index (χ4n) is 2.91. The highest BCUT2D eigenvalue weighted by molar-refractivity contribution is 8.26. The summed E-state index contributed by atoms with van der Waals surface area (Å²) < 4.78 is 5.77. The van der Waals surface area contributed by atoms with Crippen molar-refractivity contribution in [2.45, 2.75) is 31.4 Å². The molecule has 2 fully saturated rings. The highest BCUT2D eigenvalue weighted by Crippen LogP contribution is 2.33. The van der Waals surface area contributed by atoms with E-state index in [1.54, 1.807) is 12.2 Å². The number of rotatable bonds is 6. The second-order valence-electron chi connectivity index (χ2n) is 6.05. The van der Waals surface area contributed by atoms with Crippen LogP contribution in [0.15, 0.2) is 53.5 Å². The predicted molar refractivity (Wildman–Crippen MR) is 105 cm³/mol. The number of carboxylic acids is 1. The fourth-order valence-corrected chi connectivity index (χ4v) is 4.22. The van der Waals surface area contributed by atoms with Crippen molar-refractivity contribution < 1.29 is 19.4 Å². The SMILES string of the molecule is O=C(O)C(Cc1ccccc1)N1C(=O)/C(=C/C=C/C2CCCO2)SC1=S. The molecule has 3 rings (SSSR count). The van der Waals surface area contributed by atoms with Crippen LogP contribution in [0.4, 0.5) is 0 Å². The smallest absolute Gasteiger partial charge is 0.327 e. The molecule has 2 aliphatic heterocycles. The lowest BCUT2D eigenvalue weighted by atomic mass is 10.0. The van der Waals surface area contributed by atoms with Gasteiger partial charge in [-0.05, 0) is 24.5 Å². The van der Waals surface area contributed by atoms with Gasteiger partial charge in [-0.1, -0.05) is 66.5 Å². The van der Waals surface area contributed by atoms with Crippen LogP contribution in [0.25, 0.3) is 0 Å². The third kappa shape index (κ3) is 4.41. The molecule has 0 spiro atoms. The molecule has 2 aliphatic rings. The molecule has 1 amide bonds. The zero-order valence-corrected chi connectivity index (χ0v) is 15.7. The quantitative estimate of drug-likeness (QED) is 0.595. The second kappa shape index (κ2) is 8.62. The highest BCUT2D eigenvalue weighted by atomic mass is 32.2. The molecular weight excluding hydrogens is 370 g/mol. The predicted octanol–water partition coefficient (Wildman–Crippen LogP) is 3.16. The van der Waals surface area contributed by atoms with Gasteiger partial charge >= 0.3 is 5.97 Å². The van der Waals surface area contributed by atoms with Gasteiger partial charge in [0.25, 0.3) is 5.91 Å².